The zero-order valence-electron chi connectivity index (χ0n) is 14.8. The summed E-state index contributed by atoms with van der Waals surface area (Å²) in [6.45, 7) is 8.73. The summed E-state index contributed by atoms with van der Waals surface area (Å²) in [6.07, 6.45) is 2.65. The van der Waals surface area contributed by atoms with Gasteiger partial charge in [0.1, 0.15) is 5.75 Å². The molecule has 1 aromatic rings. The van der Waals surface area contributed by atoms with Crippen molar-refractivity contribution in [2.45, 2.75) is 46.1 Å². The number of methoxy groups -OCH3 is 1. The lowest BCUT2D eigenvalue weighted by atomic mass is 10.2. The highest BCUT2D eigenvalue weighted by atomic mass is 16.6. The maximum absolute atomic E-state index is 11.8. The lowest BCUT2D eigenvalue weighted by Gasteiger charge is -2.24. The van der Waals surface area contributed by atoms with E-state index in [4.69, 9.17) is 9.47 Å². The lowest BCUT2D eigenvalue weighted by Crippen LogP contribution is -2.34. The minimum atomic E-state index is -0.400. The first-order valence-corrected chi connectivity index (χ1v) is 8.43. The number of benzene rings is 1. The third kappa shape index (κ3) is 7.37. The SMILES string of the molecule is CCCC(C)NC(=O)Oc1ccc(N(CCC)CCOC)cc1. The Balaban J connectivity index is 2.58. The van der Waals surface area contributed by atoms with Gasteiger partial charge < -0.3 is 19.7 Å². The second kappa shape index (κ2) is 10.9. The molecule has 0 bridgehead atoms. The summed E-state index contributed by atoms with van der Waals surface area (Å²) in [5, 5.41) is 2.83. The predicted octanol–water partition coefficient (Wildman–Crippen LogP) is 3.83. The molecule has 0 aromatic heterocycles. The van der Waals surface area contributed by atoms with Crippen molar-refractivity contribution in [1.82, 2.24) is 5.32 Å². The van der Waals surface area contributed by atoms with E-state index >= 15 is 0 Å². The van der Waals surface area contributed by atoms with Crippen LogP contribution in [0.5, 0.6) is 5.75 Å². The third-order valence-electron chi connectivity index (χ3n) is 3.56. The van der Waals surface area contributed by atoms with E-state index in [0.29, 0.717) is 12.4 Å². The van der Waals surface area contributed by atoms with Crippen molar-refractivity contribution in [1.29, 1.82) is 0 Å². The van der Waals surface area contributed by atoms with Crippen LogP contribution in [0.2, 0.25) is 0 Å². The molecule has 23 heavy (non-hydrogen) atoms. The van der Waals surface area contributed by atoms with Crippen LogP contribution < -0.4 is 15.0 Å². The maximum atomic E-state index is 11.8. The molecule has 1 N–H and O–H groups in total. The van der Waals surface area contributed by atoms with Gasteiger partial charge in [-0.1, -0.05) is 20.3 Å². The number of carbonyl (C=O) groups excluding carboxylic acids is 1. The van der Waals surface area contributed by atoms with Crippen LogP contribution in [0.25, 0.3) is 0 Å². The molecule has 5 heteroatoms. The number of hydrogen-bond donors (Lipinski definition) is 1. The first kappa shape index (κ1) is 19.3. The van der Waals surface area contributed by atoms with Gasteiger partial charge in [0.05, 0.1) is 6.61 Å². The smallest absolute Gasteiger partial charge is 0.410 e. The second-order valence-corrected chi connectivity index (χ2v) is 5.70. The summed E-state index contributed by atoms with van der Waals surface area (Å²) in [7, 11) is 1.71. The molecule has 0 aliphatic rings. The van der Waals surface area contributed by atoms with Crippen molar-refractivity contribution in [2.24, 2.45) is 0 Å². The molecule has 0 saturated heterocycles. The van der Waals surface area contributed by atoms with Crippen LogP contribution in [-0.2, 0) is 4.74 Å². The summed E-state index contributed by atoms with van der Waals surface area (Å²) in [4.78, 5) is 14.1. The van der Waals surface area contributed by atoms with Gasteiger partial charge >= 0.3 is 6.09 Å². The number of anilines is 1. The minimum absolute atomic E-state index is 0.126. The third-order valence-corrected chi connectivity index (χ3v) is 3.56. The summed E-state index contributed by atoms with van der Waals surface area (Å²) >= 11 is 0. The molecule has 0 aliphatic heterocycles. The van der Waals surface area contributed by atoms with Gasteiger partial charge in [0.2, 0.25) is 0 Å². The van der Waals surface area contributed by atoms with Crippen LogP contribution in [0.4, 0.5) is 10.5 Å². The number of rotatable bonds is 10. The van der Waals surface area contributed by atoms with E-state index < -0.39 is 6.09 Å². The molecular formula is C18H30N2O3. The van der Waals surface area contributed by atoms with E-state index in [1.165, 1.54) is 0 Å². The Bertz CT molecular complexity index is 448. The summed E-state index contributed by atoms with van der Waals surface area (Å²) in [5.74, 6) is 0.554. The van der Waals surface area contributed by atoms with Crippen LogP contribution in [0.3, 0.4) is 0 Å². The zero-order chi connectivity index (χ0) is 17.1. The Hall–Kier alpha value is -1.75. The fourth-order valence-electron chi connectivity index (χ4n) is 2.41. The van der Waals surface area contributed by atoms with Crippen molar-refractivity contribution in [2.75, 3.05) is 31.7 Å². The molecule has 0 spiro atoms. The normalized spacial score (nSPS) is 11.8. The largest absolute Gasteiger partial charge is 0.412 e. The van der Waals surface area contributed by atoms with Crippen LogP contribution in [0.15, 0.2) is 24.3 Å². The molecule has 1 atom stereocenters. The maximum Gasteiger partial charge on any atom is 0.412 e. The number of carbonyl (C=O) groups is 1. The molecular weight excluding hydrogens is 292 g/mol. The van der Waals surface area contributed by atoms with Crippen LogP contribution in [0.1, 0.15) is 40.0 Å². The molecule has 0 heterocycles. The Morgan fingerprint density at radius 1 is 1.17 bits per heavy atom. The van der Waals surface area contributed by atoms with Crippen LogP contribution in [0, 0.1) is 0 Å². The van der Waals surface area contributed by atoms with E-state index in [2.05, 4.69) is 24.1 Å². The summed E-state index contributed by atoms with van der Waals surface area (Å²) in [5.41, 5.74) is 1.11. The van der Waals surface area contributed by atoms with Gasteiger partial charge in [-0.25, -0.2) is 4.79 Å². The van der Waals surface area contributed by atoms with Gasteiger partial charge in [-0.05, 0) is 44.0 Å². The topological polar surface area (TPSA) is 50.8 Å². The molecule has 1 aromatic carbocycles. The number of nitrogens with zero attached hydrogens (tertiary/aromatic N) is 1. The van der Waals surface area contributed by atoms with Gasteiger partial charge in [-0.3, -0.25) is 0 Å². The summed E-state index contributed by atoms with van der Waals surface area (Å²) < 4.78 is 10.5. The molecule has 1 amide bonds. The average molecular weight is 322 g/mol. The van der Waals surface area contributed by atoms with Gasteiger partial charge in [0.25, 0.3) is 0 Å². The first-order valence-electron chi connectivity index (χ1n) is 8.43. The lowest BCUT2D eigenvalue weighted by molar-refractivity contribution is 0.196. The van der Waals surface area contributed by atoms with Crippen molar-refractivity contribution in [3.63, 3.8) is 0 Å². The quantitative estimate of drug-likeness (QED) is 0.711. The number of hydrogen-bond acceptors (Lipinski definition) is 4. The van der Waals surface area contributed by atoms with Crippen molar-refractivity contribution in [3.05, 3.63) is 24.3 Å². The summed E-state index contributed by atoms with van der Waals surface area (Å²) in [6, 6.07) is 7.73. The molecule has 130 valence electrons. The van der Waals surface area contributed by atoms with E-state index in [0.717, 1.165) is 38.0 Å². The van der Waals surface area contributed by atoms with Gasteiger partial charge in [-0.15, -0.1) is 0 Å². The van der Waals surface area contributed by atoms with E-state index in [1.54, 1.807) is 7.11 Å². The predicted molar refractivity (Wildman–Crippen MR) is 94.4 cm³/mol. The minimum Gasteiger partial charge on any atom is -0.410 e. The number of nitrogens with one attached hydrogen (secondary N) is 1. The molecule has 0 radical (unpaired) electrons. The molecule has 1 rings (SSSR count). The van der Waals surface area contributed by atoms with Crippen LogP contribution >= 0.6 is 0 Å². The van der Waals surface area contributed by atoms with E-state index in [-0.39, 0.29) is 6.04 Å². The highest BCUT2D eigenvalue weighted by molar-refractivity contribution is 5.70. The fourth-order valence-corrected chi connectivity index (χ4v) is 2.41. The molecule has 0 fully saturated rings. The molecule has 0 aliphatic carbocycles. The van der Waals surface area contributed by atoms with E-state index in [1.807, 2.05) is 31.2 Å². The van der Waals surface area contributed by atoms with E-state index in [9.17, 15) is 4.79 Å². The Kier molecular flexibility index (Phi) is 9.14. The number of ether oxygens (including phenoxy) is 2. The fraction of sp³-hybridized carbons (Fsp3) is 0.611. The monoisotopic (exact) mass is 322 g/mol. The van der Waals surface area contributed by atoms with Gasteiger partial charge in [-0.2, -0.15) is 0 Å². The number of amides is 1. The van der Waals surface area contributed by atoms with Gasteiger partial charge in [0, 0.05) is 31.9 Å². The molecule has 1 unspecified atom stereocenters. The van der Waals surface area contributed by atoms with Crippen molar-refractivity contribution in [3.8, 4) is 5.75 Å². The molecule has 0 saturated carbocycles. The zero-order valence-corrected chi connectivity index (χ0v) is 14.8. The first-order chi connectivity index (χ1) is 11.1. The van der Waals surface area contributed by atoms with Crippen LogP contribution in [-0.4, -0.2) is 38.9 Å². The van der Waals surface area contributed by atoms with Crippen molar-refractivity contribution >= 4 is 11.8 Å². The highest BCUT2D eigenvalue weighted by Gasteiger charge is 2.10. The average Bonchev–Trinajstić information content (AvgIpc) is 2.52. The molecule has 5 nitrogen and oxygen atoms in total. The van der Waals surface area contributed by atoms with Gasteiger partial charge in [0.15, 0.2) is 0 Å². The van der Waals surface area contributed by atoms with Crippen molar-refractivity contribution < 1.29 is 14.3 Å². The Morgan fingerprint density at radius 2 is 1.87 bits per heavy atom. The highest BCUT2D eigenvalue weighted by Crippen LogP contribution is 2.20. The Morgan fingerprint density at radius 3 is 2.43 bits per heavy atom. The second-order valence-electron chi connectivity index (χ2n) is 5.70. The standard InChI is InChI=1S/C18H30N2O3/c1-5-7-15(3)19-18(21)23-17-10-8-16(9-11-17)20(12-6-2)13-14-22-4/h8-11,15H,5-7,12-14H2,1-4H3,(H,19,21). The Labute approximate surface area is 140 Å².